The van der Waals surface area contributed by atoms with Gasteiger partial charge in [-0.1, -0.05) is 0 Å². The van der Waals surface area contributed by atoms with Crippen molar-refractivity contribution in [1.29, 1.82) is 0 Å². The minimum atomic E-state index is 0.627. The van der Waals surface area contributed by atoms with Gasteiger partial charge in [0.15, 0.2) is 5.82 Å². The Labute approximate surface area is 121 Å². The molecule has 2 rings (SSSR count). The molecule has 1 N–H and O–H groups in total. The summed E-state index contributed by atoms with van der Waals surface area (Å²) in [6.45, 7) is 1.33. The fourth-order valence-electron chi connectivity index (χ4n) is 1.61. The van der Waals surface area contributed by atoms with Gasteiger partial charge < -0.3 is 19.5 Å². The van der Waals surface area contributed by atoms with E-state index in [-0.39, 0.29) is 0 Å². The van der Waals surface area contributed by atoms with E-state index in [0.29, 0.717) is 30.5 Å². The van der Waals surface area contributed by atoms with Crippen LogP contribution in [0.3, 0.4) is 0 Å². The van der Waals surface area contributed by atoms with Crippen molar-refractivity contribution in [2.24, 2.45) is 0 Å². The molecule has 0 atom stereocenters. The first kappa shape index (κ1) is 14.5. The summed E-state index contributed by atoms with van der Waals surface area (Å²) in [6, 6.07) is 5.57. The molecule has 6 nitrogen and oxygen atoms in total. The number of nitrogens with zero attached hydrogens (tertiary/aromatic N) is 2. The lowest BCUT2D eigenvalue weighted by atomic mass is 10.2. The number of rotatable bonds is 7. The van der Waals surface area contributed by atoms with E-state index in [4.69, 9.17) is 14.2 Å². The molecule has 0 saturated heterocycles. The van der Waals surface area contributed by atoms with Gasteiger partial charge in [-0.3, -0.25) is 0 Å². The molecule has 7 heteroatoms. The largest absolute Gasteiger partial charge is 0.497 e. The van der Waals surface area contributed by atoms with E-state index in [0.717, 1.165) is 10.7 Å². The molecule has 1 heterocycles. The highest BCUT2D eigenvalue weighted by molar-refractivity contribution is 7.09. The highest BCUT2D eigenvalue weighted by Gasteiger charge is 2.09. The lowest BCUT2D eigenvalue weighted by Gasteiger charge is -2.06. The van der Waals surface area contributed by atoms with Crippen LogP contribution >= 0.6 is 11.5 Å². The molecule has 0 amide bonds. The SMILES string of the molecule is COCCNc1nc(-c2cc(OC)cc(OC)c2)ns1. The summed E-state index contributed by atoms with van der Waals surface area (Å²) >= 11 is 1.31. The van der Waals surface area contributed by atoms with Gasteiger partial charge in [-0.25, -0.2) is 0 Å². The van der Waals surface area contributed by atoms with Crippen molar-refractivity contribution in [2.75, 3.05) is 39.8 Å². The first-order chi connectivity index (χ1) is 9.76. The molecule has 20 heavy (non-hydrogen) atoms. The number of aromatic nitrogens is 2. The maximum Gasteiger partial charge on any atom is 0.202 e. The van der Waals surface area contributed by atoms with E-state index >= 15 is 0 Å². The minimum Gasteiger partial charge on any atom is -0.497 e. The summed E-state index contributed by atoms with van der Waals surface area (Å²) in [6.07, 6.45) is 0. The number of benzene rings is 1. The molecular formula is C13H17N3O3S. The number of hydrogen-bond donors (Lipinski definition) is 1. The summed E-state index contributed by atoms with van der Waals surface area (Å²) in [5.41, 5.74) is 0.859. The standard InChI is InChI=1S/C13H17N3O3S/c1-17-5-4-14-13-15-12(16-20-13)9-6-10(18-2)8-11(7-9)19-3/h6-8H,4-5H2,1-3H3,(H,14,15,16). The van der Waals surface area contributed by atoms with E-state index in [1.54, 1.807) is 21.3 Å². The minimum absolute atomic E-state index is 0.627. The molecule has 0 saturated carbocycles. The third-order valence-electron chi connectivity index (χ3n) is 2.62. The van der Waals surface area contributed by atoms with Gasteiger partial charge in [-0.2, -0.15) is 9.36 Å². The van der Waals surface area contributed by atoms with Gasteiger partial charge in [0.1, 0.15) is 11.5 Å². The van der Waals surface area contributed by atoms with Crippen LogP contribution in [0.5, 0.6) is 11.5 Å². The second-order valence-electron chi connectivity index (χ2n) is 3.94. The van der Waals surface area contributed by atoms with Crippen molar-refractivity contribution in [2.45, 2.75) is 0 Å². The lowest BCUT2D eigenvalue weighted by molar-refractivity contribution is 0.211. The number of anilines is 1. The molecular weight excluding hydrogens is 278 g/mol. The van der Waals surface area contributed by atoms with Crippen LogP contribution in [0.2, 0.25) is 0 Å². The van der Waals surface area contributed by atoms with Gasteiger partial charge in [0, 0.05) is 36.8 Å². The van der Waals surface area contributed by atoms with Crippen LogP contribution < -0.4 is 14.8 Å². The average molecular weight is 295 g/mol. The van der Waals surface area contributed by atoms with Crippen LogP contribution in [-0.4, -0.2) is 43.8 Å². The molecule has 1 aromatic carbocycles. The monoisotopic (exact) mass is 295 g/mol. The van der Waals surface area contributed by atoms with Crippen molar-refractivity contribution in [3.8, 4) is 22.9 Å². The first-order valence-corrected chi connectivity index (χ1v) is 6.84. The average Bonchev–Trinajstić information content (AvgIpc) is 2.96. The summed E-state index contributed by atoms with van der Waals surface area (Å²) < 4.78 is 19.8. The van der Waals surface area contributed by atoms with Crippen LogP contribution in [0.1, 0.15) is 0 Å². The van der Waals surface area contributed by atoms with E-state index in [1.165, 1.54) is 11.5 Å². The van der Waals surface area contributed by atoms with Crippen LogP contribution in [0.15, 0.2) is 18.2 Å². The van der Waals surface area contributed by atoms with Gasteiger partial charge >= 0.3 is 0 Å². The predicted molar refractivity (Wildman–Crippen MR) is 78.8 cm³/mol. The Balaban J connectivity index is 2.18. The van der Waals surface area contributed by atoms with Gasteiger partial charge in [-0.05, 0) is 12.1 Å². The van der Waals surface area contributed by atoms with Crippen molar-refractivity contribution >= 4 is 16.7 Å². The van der Waals surface area contributed by atoms with Gasteiger partial charge in [0.25, 0.3) is 0 Å². The normalized spacial score (nSPS) is 10.3. The molecule has 0 aliphatic heterocycles. The zero-order valence-electron chi connectivity index (χ0n) is 11.7. The highest BCUT2D eigenvalue weighted by atomic mass is 32.1. The fraction of sp³-hybridized carbons (Fsp3) is 0.385. The fourth-order valence-corrected chi connectivity index (χ4v) is 2.22. The Kier molecular flexibility index (Phi) is 5.14. The Morgan fingerprint density at radius 2 is 1.80 bits per heavy atom. The summed E-state index contributed by atoms with van der Waals surface area (Å²) in [4.78, 5) is 4.43. The lowest BCUT2D eigenvalue weighted by Crippen LogP contribution is -2.07. The molecule has 0 aliphatic carbocycles. The van der Waals surface area contributed by atoms with E-state index in [2.05, 4.69) is 14.7 Å². The zero-order chi connectivity index (χ0) is 14.4. The molecule has 0 unspecified atom stereocenters. The highest BCUT2D eigenvalue weighted by Crippen LogP contribution is 2.29. The molecule has 0 fully saturated rings. The molecule has 0 aliphatic rings. The summed E-state index contributed by atoms with van der Waals surface area (Å²) in [5.74, 6) is 2.07. The van der Waals surface area contributed by atoms with Crippen molar-refractivity contribution in [3.05, 3.63) is 18.2 Å². The molecule has 0 bridgehead atoms. The maximum absolute atomic E-state index is 5.24. The van der Waals surface area contributed by atoms with E-state index in [1.807, 2.05) is 18.2 Å². The van der Waals surface area contributed by atoms with Crippen molar-refractivity contribution < 1.29 is 14.2 Å². The Morgan fingerprint density at radius 1 is 1.10 bits per heavy atom. The number of methoxy groups -OCH3 is 3. The number of hydrogen-bond acceptors (Lipinski definition) is 7. The predicted octanol–water partition coefficient (Wildman–Crippen LogP) is 2.28. The molecule has 2 aromatic rings. The van der Waals surface area contributed by atoms with Gasteiger partial charge in [0.05, 0.1) is 20.8 Å². The first-order valence-electron chi connectivity index (χ1n) is 6.06. The zero-order valence-corrected chi connectivity index (χ0v) is 12.5. The van der Waals surface area contributed by atoms with E-state index in [9.17, 15) is 0 Å². The molecule has 0 radical (unpaired) electrons. The third-order valence-corrected chi connectivity index (χ3v) is 3.29. The molecule has 1 aromatic heterocycles. The third kappa shape index (κ3) is 3.58. The summed E-state index contributed by atoms with van der Waals surface area (Å²) in [5, 5.41) is 3.91. The topological polar surface area (TPSA) is 65.5 Å². The second-order valence-corrected chi connectivity index (χ2v) is 4.70. The van der Waals surface area contributed by atoms with Gasteiger partial charge in [0.2, 0.25) is 5.13 Å². The van der Waals surface area contributed by atoms with Crippen LogP contribution in [0.4, 0.5) is 5.13 Å². The molecule has 0 spiro atoms. The number of nitrogens with one attached hydrogen (secondary N) is 1. The van der Waals surface area contributed by atoms with Crippen LogP contribution in [0, 0.1) is 0 Å². The number of ether oxygens (including phenoxy) is 3. The van der Waals surface area contributed by atoms with Crippen molar-refractivity contribution in [1.82, 2.24) is 9.36 Å². The molecule has 108 valence electrons. The Morgan fingerprint density at radius 3 is 2.40 bits per heavy atom. The maximum atomic E-state index is 5.24. The Bertz CT molecular complexity index is 537. The van der Waals surface area contributed by atoms with Crippen LogP contribution in [-0.2, 0) is 4.74 Å². The summed E-state index contributed by atoms with van der Waals surface area (Å²) in [7, 11) is 4.89. The smallest absolute Gasteiger partial charge is 0.202 e. The second kappa shape index (κ2) is 7.06. The van der Waals surface area contributed by atoms with Crippen LogP contribution in [0.25, 0.3) is 11.4 Å². The van der Waals surface area contributed by atoms with E-state index < -0.39 is 0 Å². The Hall–Kier alpha value is -1.86. The van der Waals surface area contributed by atoms with Gasteiger partial charge in [-0.15, -0.1) is 0 Å². The quantitative estimate of drug-likeness (QED) is 0.791. The van der Waals surface area contributed by atoms with Crippen molar-refractivity contribution in [3.63, 3.8) is 0 Å².